The van der Waals surface area contributed by atoms with Crippen LogP contribution in [0.1, 0.15) is 49.9 Å². The van der Waals surface area contributed by atoms with Crippen LogP contribution in [0.25, 0.3) is 0 Å². The third-order valence-corrected chi connectivity index (χ3v) is 7.88. The summed E-state index contributed by atoms with van der Waals surface area (Å²) in [5.74, 6) is -1.28. The molecule has 2 amide bonds. The van der Waals surface area contributed by atoms with Crippen LogP contribution in [0.2, 0.25) is 0 Å². The fraction of sp³-hybridized carbons (Fsp3) is 0.417. The zero-order valence-electron chi connectivity index (χ0n) is 20.2. The number of anilines is 1. The largest absolute Gasteiger partial charge is 0.421 e. The van der Waals surface area contributed by atoms with E-state index in [0.29, 0.717) is 24.5 Å². The molecule has 2 aromatic carbocycles. The van der Waals surface area contributed by atoms with Crippen LogP contribution in [0.5, 0.6) is 0 Å². The highest BCUT2D eigenvalue weighted by Gasteiger charge is 2.51. The van der Waals surface area contributed by atoms with E-state index in [1.807, 2.05) is 6.92 Å². The van der Waals surface area contributed by atoms with Gasteiger partial charge in [-0.3, -0.25) is 9.59 Å². The summed E-state index contributed by atoms with van der Waals surface area (Å²) >= 11 is 0. The molecule has 0 bridgehead atoms. The van der Waals surface area contributed by atoms with E-state index in [2.05, 4.69) is 10.0 Å². The van der Waals surface area contributed by atoms with E-state index in [9.17, 15) is 36.3 Å². The van der Waals surface area contributed by atoms with Crippen molar-refractivity contribution >= 4 is 27.5 Å². The molecule has 0 aromatic heterocycles. The molecule has 0 aliphatic carbocycles. The molecule has 196 valence electrons. The second-order valence-corrected chi connectivity index (χ2v) is 10.8. The van der Waals surface area contributed by atoms with E-state index in [0.717, 1.165) is 12.1 Å². The normalized spacial score (nSPS) is 18.3. The van der Waals surface area contributed by atoms with Gasteiger partial charge in [0.1, 0.15) is 6.04 Å². The average Bonchev–Trinajstić information content (AvgIpc) is 3.21. The molecule has 0 saturated heterocycles. The Morgan fingerprint density at radius 2 is 1.78 bits per heavy atom. The summed E-state index contributed by atoms with van der Waals surface area (Å²) < 4.78 is 66.0. The number of benzene rings is 2. The van der Waals surface area contributed by atoms with Gasteiger partial charge in [0.05, 0.1) is 4.90 Å². The van der Waals surface area contributed by atoms with Crippen molar-refractivity contribution in [3.8, 4) is 0 Å². The van der Waals surface area contributed by atoms with E-state index in [1.54, 1.807) is 6.92 Å². The zero-order chi connectivity index (χ0) is 27.1. The van der Waals surface area contributed by atoms with Crippen LogP contribution in [0.15, 0.2) is 47.4 Å². The molecule has 0 fully saturated rings. The van der Waals surface area contributed by atoms with Crippen molar-refractivity contribution in [1.82, 2.24) is 9.62 Å². The minimum absolute atomic E-state index is 0.00643. The zero-order valence-corrected chi connectivity index (χ0v) is 21.0. The topological polar surface area (TPSA) is 116 Å². The Hall–Kier alpha value is -2.96. The first-order valence-corrected chi connectivity index (χ1v) is 12.7. The lowest BCUT2D eigenvalue weighted by molar-refractivity contribution is -0.258. The predicted octanol–water partition coefficient (Wildman–Crippen LogP) is 3.43. The summed E-state index contributed by atoms with van der Waals surface area (Å²) in [7, 11) is -2.47. The maximum atomic E-state index is 13.3. The molecule has 3 unspecified atom stereocenters. The number of alkyl halides is 3. The van der Waals surface area contributed by atoms with Crippen LogP contribution in [-0.4, -0.2) is 43.5 Å². The van der Waals surface area contributed by atoms with Gasteiger partial charge in [0, 0.05) is 18.2 Å². The molecule has 0 radical (unpaired) electrons. The van der Waals surface area contributed by atoms with Crippen LogP contribution >= 0.6 is 0 Å². The lowest BCUT2D eigenvalue weighted by Crippen LogP contribution is -2.39. The van der Waals surface area contributed by atoms with Crippen LogP contribution in [-0.2, 0) is 31.8 Å². The van der Waals surface area contributed by atoms with Crippen LogP contribution < -0.4 is 10.0 Å². The Labute approximate surface area is 207 Å². The van der Waals surface area contributed by atoms with E-state index < -0.39 is 39.3 Å². The van der Waals surface area contributed by atoms with Gasteiger partial charge in [0.2, 0.25) is 15.9 Å². The van der Waals surface area contributed by atoms with Crippen molar-refractivity contribution in [3.63, 3.8) is 0 Å². The summed E-state index contributed by atoms with van der Waals surface area (Å²) in [4.78, 5) is 27.8. The minimum atomic E-state index is -4.89. The van der Waals surface area contributed by atoms with Gasteiger partial charge in [-0.1, -0.05) is 32.0 Å². The number of hydrogen-bond acceptors (Lipinski definition) is 5. The number of amides is 2. The standard InChI is InChI=1S/C24H28F3N3O5S/c1-5-14(2)22(32)30-13-15-12-18(36(34,35)28-4)10-11-19(15)20(30)21(31)29-17-8-6-16(7-9-17)23(3,33)24(25,26)27/h6-12,14,20,28,33H,5,13H2,1-4H3,(H,29,31). The van der Waals surface area contributed by atoms with Crippen molar-refractivity contribution in [1.29, 1.82) is 0 Å². The van der Waals surface area contributed by atoms with Crippen LogP contribution in [0, 0.1) is 5.92 Å². The fourth-order valence-electron chi connectivity index (χ4n) is 3.91. The number of carbonyl (C=O) groups is 2. The Morgan fingerprint density at radius 3 is 2.31 bits per heavy atom. The van der Waals surface area contributed by atoms with E-state index >= 15 is 0 Å². The van der Waals surface area contributed by atoms with Gasteiger partial charge >= 0.3 is 6.18 Å². The molecule has 0 saturated carbocycles. The minimum Gasteiger partial charge on any atom is -0.376 e. The maximum absolute atomic E-state index is 13.3. The quantitative estimate of drug-likeness (QED) is 0.510. The molecule has 3 atom stereocenters. The number of fused-ring (bicyclic) bond motifs is 1. The summed E-state index contributed by atoms with van der Waals surface area (Å²) in [6, 6.07) is 7.75. The summed E-state index contributed by atoms with van der Waals surface area (Å²) in [6.45, 7) is 4.21. The molecular weight excluding hydrogens is 499 g/mol. The number of sulfonamides is 1. The third-order valence-electron chi connectivity index (χ3n) is 6.47. The highest BCUT2D eigenvalue weighted by Crippen LogP contribution is 2.40. The van der Waals surface area contributed by atoms with Gasteiger partial charge in [-0.2, -0.15) is 13.2 Å². The number of rotatable bonds is 7. The molecule has 3 N–H and O–H groups in total. The van der Waals surface area contributed by atoms with Crippen molar-refractivity contribution in [2.24, 2.45) is 5.92 Å². The number of aliphatic hydroxyl groups is 1. The second-order valence-electron chi connectivity index (χ2n) is 8.88. The van der Waals surface area contributed by atoms with Crippen molar-refractivity contribution < 1.29 is 36.3 Å². The van der Waals surface area contributed by atoms with Crippen molar-refractivity contribution in [2.45, 2.75) is 56.5 Å². The molecule has 1 aliphatic heterocycles. The SMILES string of the molecule is CCC(C)C(=O)N1Cc2cc(S(=O)(=O)NC)ccc2C1C(=O)Nc1ccc(C(C)(O)C(F)(F)F)cc1. The number of hydrogen-bond donors (Lipinski definition) is 3. The monoisotopic (exact) mass is 527 g/mol. The van der Waals surface area contributed by atoms with Crippen molar-refractivity contribution in [2.75, 3.05) is 12.4 Å². The maximum Gasteiger partial charge on any atom is 0.421 e. The summed E-state index contributed by atoms with van der Waals surface area (Å²) in [5, 5.41) is 12.5. The van der Waals surface area contributed by atoms with Gasteiger partial charge in [0.25, 0.3) is 5.91 Å². The lowest BCUT2D eigenvalue weighted by atomic mass is 9.95. The Balaban J connectivity index is 1.94. The molecule has 1 aliphatic rings. The van der Waals surface area contributed by atoms with Crippen LogP contribution in [0.4, 0.5) is 18.9 Å². The number of nitrogens with one attached hydrogen (secondary N) is 2. The predicted molar refractivity (Wildman–Crippen MR) is 126 cm³/mol. The average molecular weight is 528 g/mol. The fourth-order valence-corrected chi connectivity index (χ4v) is 4.69. The molecular formula is C24H28F3N3O5S. The van der Waals surface area contributed by atoms with E-state index in [4.69, 9.17) is 0 Å². The highest BCUT2D eigenvalue weighted by atomic mass is 32.2. The van der Waals surface area contributed by atoms with Gasteiger partial charge in [-0.25, -0.2) is 13.1 Å². The van der Waals surface area contributed by atoms with Crippen LogP contribution in [0.3, 0.4) is 0 Å². The van der Waals surface area contributed by atoms with E-state index in [1.165, 1.54) is 42.3 Å². The Bertz CT molecular complexity index is 1260. The molecule has 8 nitrogen and oxygen atoms in total. The second kappa shape index (κ2) is 9.83. The Morgan fingerprint density at radius 1 is 1.17 bits per heavy atom. The third kappa shape index (κ3) is 5.11. The Kier molecular flexibility index (Phi) is 7.54. The van der Waals surface area contributed by atoms with Crippen molar-refractivity contribution in [3.05, 3.63) is 59.2 Å². The summed E-state index contributed by atoms with van der Waals surface area (Å²) in [6.07, 6.45) is -4.36. The molecule has 1 heterocycles. The molecule has 3 rings (SSSR count). The summed E-state index contributed by atoms with van der Waals surface area (Å²) in [5.41, 5.74) is -2.34. The van der Waals surface area contributed by atoms with Gasteiger partial charge in [-0.05, 0) is 61.3 Å². The molecule has 12 heteroatoms. The first-order chi connectivity index (χ1) is 16.6. The highest BCUT2D eigenvalue weighted by molar-refractivity contribution is 7.89. The van der Waals surface area contributed by atoms with Gasteiger partial charge in [0.15, 0.2) is 5.60 Å². The number of nitrogens with zero attached hydrogens (tertiary/aromatic N) is 1. The number of carbonyl (C=O) groups excluding carboxylic acids is 2. The first-order valence-electron chi connectivity index (χ1n) is 11.2. The first kappa shape index (κ1) is 27.6. The number of halogens is 3. The van der Waals surface area contributed by atoms with E-state index in [-0.39, 0.29) is 29.0 Å². The van der Waals surface area contributed by atoms with Gasteiger partial charge < -0.3 is 15.3 Å². The smallest absolute Gasteiger partial charge is 0.376 e. The van der Waals surface area contributed by atoms with Gasteiger partial charge in [-0.15, -0.1) is 0 Å². The lowest BCUT2D eigenvalue weighted by Gasteiger charge is -2.28. The molecule has 36 heavy (non-hydrogen) atoms. The molecule has 0 spiro atoms. The molecule has 2 aromatic rings.